The Kier molecular flexibility index (Phi) is 3.08. The van der Waals surface area contributed by atoms with E-state index in [0.717, 1.165) is 32.6 Å². The number of rotatable bonds is 1. The summed E-state index contributed by atoms with van der Waals surface area (Å²) in [5, 5.41) is 5.05. The number of nitrogens with one attached hydrogen (secondary N) is 1. The molecule has 0 amide bonds. The molecule has 1 atom stereocenters. The number of halogens is 2. The van der Waals surface area contributed by atoms with Crippen molar-refractivity contribution in [3.63, 3.8) is 0 Å². The average Bonchev–Trinajstić information content (AvgIpc) is 2.89. The van der Waals surface area contributed by atoms with E-state index in [4.69, 9.17) is 20.8 Å². The number of fused-ring (bicyclic) bond motifs is 2. The summed E-state index contributed by atoms with van der Waals surface area (Å²) in [7, 11) is 0. The maximum absolute atomic E-state index is 6.02. The minimum absolute atomic E-state index is 0.165. The number of hydrogen-bond donors (Lipinski definition) is 1. The largest absolute Gasteiger partial charge is 0.478 e. The van der Waals surface area contributed by atoms with Crippen LogP contribution in [0, 0.1) is 0 Å². The van der Waals surface area contributed by atoms with E-state index in [2.05, 4.69) is 21.2 Å². The molecule has 1 aromatic heterocycles. The highest BCUT2D eigenvalue weighted by atomic mass is 79.9. The van der Waals surface area contributed by atoms with E-state index in [9.17, 15) is 0 Å². The summed E-state index contributed by atoms with van der Waals surface area (Å²) in [4.78, 5) is 0. The van der Waals surface area contributed by atoms with Crippen LogP contribution in [0.4, 0.5) is 5.69 Å². The van der Waals surface area contributed by atoms with Crippen molar-refractivity contribution in [1.29, 1.82) is 0 Å². The van der Waals surface area contributed by atoms with Crippen LogP contribution in [-0.4, -0.2) is 6.54 Å². The van der Waals surface area contributed by atoms with Gasteiger partial charge in [0.1, 0.15) is 17.1 Å². The zero-order valence-corrected chi connectivity index (χ0v) is 13.2. The van der Waals surface area contributed by atoms with Gasteiger partial charge in [-0.05, 0) is 36.4 Å². The third-order valence-electron chi connectivity index (χ3n) is 3.51. The van der Waals surface area contributed by atoms with Gasteiger partial charge in [-0.3, -0.25) is 0 Å². The molecule has 0 bridgehead atoms. The van der Waals surface area contributed by atoms with Crippen molar-refractivity contribution in [2.24, 2.45) is 0 Å². The quantitative estimate of drug-likeness (QED) is 0.628. The summed E-state index contributed by atoms with van der Waals surface area (Å²) >= 11 is 9.48. The molecule has 0 aliphatic carbocycles. The first-order valence-electron chi connectivity index (χ1n) is 6.58. The molecule has 1 aliphatic rings. The van der Waals surface area contributed by atoms with E-state index in [1.807, 2.05) is 42.5 Å². The summed E-state index contributed by atoms with van der Waals surface area (Å²) in [5.41, 5.74) is 1.81. The van der Waals surface area contributed by atoms with Crippen LogP contribution >= 0.6 is 27.5 Å². The van der Waals surface area contributed by atoms with Gasteiger partial charge in [0.25, 0.3) is 0 Å². The van der Waals surface area contributed by atoms with Crippen molar-refractivity contribution in [3.8, 4) is 5.75 Å². The smallest absolute Gasteiger partial charge is 0.173 e. The van der Waals surface area contributed by atoms with Gasteiger partial charge in [-0.15, -0.1) is 0 Å². The predicted molar refractivity (Wildman–Crippen MR) is 87.2 cm³/mol. The molecule has 3 aromatic rings. The van der Waals surface area contributed by atoms with E-state index in [1.54, 1.807) is 0 Å². The lowest BCUT2D eigenvalue weighted by atomic mass is 10.2. The van der Waals surface area contributed by atoms with E-state index in [-0.39, 0.29) is 6.10 Å². The second kappa shape index (κ2) is 4.97. The first-order chi connectivity index (χ1) is 10.2. The molecular formula is C16H11BrClNO2. The van der Waals surface area contributed by atoms with E-state index >= 15 is 0 Å². The Morgan fingerprint density at radius 2 is 2.05 bits per heavy atom. The van der Waals surface area contributed by atoms with Crippen LogP contribution < -0.4 is 10.1 Å². The van der Waals surface area contributed by atoms with Crippen molar-refractivity contribution in [3.05, 3.63) is 57.7 Å². The highest BCUT2D eigenvalue weighted by Gasteiger charge is 2.24. The van der Waals surface area contributed by atoms with E-state index in [1.165, 1.54) is 0 Å². The van der Waals surface area contributed by atoms with Crippen LogP contribution in [0.5, 0.6) is 5.75 Å². The number of hydrogen-bond acceptors (Lipinski definition) is 3. The zero-order valence-electron chi connectivity index (χ0n) is 10.9. The lowest BCUT2D eigenvalue weighted by Gasteiger charge is -2.26. The SMILES string of the molecule is Clc1ccc2c(c1)OC(c1cc3cc(Br)ccc3o1)CN2. The van der Waals surface area contributed by atoms with Gasteiger partial charge in [0.2, 0.25) is 0 Å². The number of anilines is 1. The Morgan fingerprint density at radius 1 is 1.14 bits per heavy atom. The number of ether oxygens (including phenoxy) is 1. The maximum Gasteiger partial charge on any atom is 0.173 e. The molecule has 0 saturated heterocycles. The van der Waals surface area contributed by atoms with Gasteiger partial charge >= 0.3 is 0 Å². The Balaban J connectivity index is 1.70. The molecule has 5 heteroatoms. The van der Waals surface area contributed by atoms with Crippen molar-refractivity contribution in [2.75, 3.05) is 11.9 Å². The van der Waals surface area contributed by atoms with Gasteiger partial charge in [0, 0.05) is 20.9 Å². The second-order valence-electron chi connectivity index (χ2n) is 4.96. The fraction of sp³-hybridized carbons (Fsp3) is 0.125. The standard InChI is InChI=1S/C16H11BrClNO2/c17-10-1-4-13-9(5-10)6-15(20-13)16-8-19-12-3-2-11(18)7-14(12)21-16/h1-7,16,19H,8H2. The van der Waals surface area contributed by atoms with Crippen LogP contribution in [0.25, 0.3) is 11.0 Å². The Labute approximate surface area is 135 Å². The summed E-state index contributed by atoms with van der Waals surface area (Å²) in [6, 6.07) is 13.5. The third-order valence-corrected chi connectivity index (χ3v) is 4.23. The highest BCUT2D eigenvalue weighted by molar-refractivity contribution is 9.10. The average molecular weight is 365 g/mol. The first kappa shape index (κ1) is 13.0. The van der Waals surface area contributed by atoms with Gasteiger partial charge in [-0.25, -0.2) is 0 Å². The maximum atomic E-state index is 6.02. The predicted octanol–water partition coefficient (Wildman–Crippen LogP) is 5.39. The number of benzene rings is 2. The fourth-order valence-corrected chi connectivity index (χ4v) is 3.03. The summed E-state index contributed by atoms with van der Waals surface area (Å²) < 4.78 is 12.9. The van der Waals surface area contributed by atoms with E-state index < -0.39 is 0 Å². The summed E-state index contributed by atoms with van der Waals surface area (Å²) in [6.45, 7) is 0.662. The molecule has 3 nitrogen and oxygen atoms in total. The Hall–Kier alpha value is -1.65. The summed E-state index contributed by atoms with van der Waals surface area (Å²) in [6.07, 6.45) is -0.165. The van der Waals surface area contributed by atoms with Gasteiger partial charge in [-0.2, -0.15) is 0 Å². The third kappa shape index (κ3) is 2.39. The van der Waals surface area contributed by atoms with Crippen LogP contribution in [0.2, 0.25) is 5.02 Å². The van der Waals surface area contributed by atoms with Gasteiger partial charge in [-0.1, -0.05) is 27.5 Å². The molecule has 0 fully saturated rings. The molecule has 0 radical (unpaired) electrons. The molecule has 21 heavy (non-hydrogen) atoms. The van der Waals surface area contributed by atoms with Crippen LogP contribution in [0.15, 0.2) is 51.4 Å². The van der Waals surface area contributed by atoms with Crippen LogP contribution in [0.3, 0.4) is 0 Å². The van der Waals surface area contributed by atoms with Crippen molar-refractivity contribution < 1.29 is 9.15 Å². The Morgan fingerprint density at radius 3 is 2.95 bits per heavy atom. The van der Waals surface area contributed by atoms with Gasteiger partial charge in [0.15, 0.2) is 6.10 Å². The van der Waals surface area contributed by atoms with Gasteiger partial charge in [0.05, 0.1) is 12.2 Å². The number of furan rings is 1. The van der Waals surface area contributed by atoms with Crippen molar-refractivity contribution in [1.82, 2.24) is 0 Å². The molecule has 2 heterocycles. The molecular weight excluding hydrogens is 354 g/mol. The van der Waals surface area contributed by atoms with Gasteiger partial charge < -0.3 is 14.5 Å². The van der Waals surface area contributed by atoms with Crippen molar-refractivity contribution in [2.45, 2.75) is 6.10 Å². The lowest BCUT2D eigenvalue weighted by molar-refractivity contribution is 0.183. The van der Waals surface area contributed by atoms with Crippen LogP contribution in [-0.2, 0) is 0 Å². The fourth-order valence-electron chi connectivity index (χ4n) is 2.49. The molecule has 0 saturated carbocycles. The first-order valence-corrected chi connectivity index (χ1v) is 7.75. The van der Waals surface area contributed by atoms with Crippen molar-refractivity contribution >= 4 is 44.2 Å². The topological polar surface area (TPSA) is 34.4 Å². The molecule has 1 aliphatic heterocycles. The second-order valence-corrected chi connectivity index (χ2v) is 6.31. The molecule has 0 spiro atoms. The molecule has 4 rings (SSSR count). The molecule has 2 aromatic carbocycles. The zero-order chi connectivity index (χ0) is 14.4. The monoisotopic (exact) mass is 363 g/mol. The summed E-state index contributed by atoms with van der Waals surface area (Å²) in [5.74, 6) is 1.56. The normalized spacial score (nSPS) is 17.1. The van der Waals surface area contributed by atoms with E-state index in [0.29, 0.717) is 11.6 Å². The minimum Gasteiger partial charge on any atom is -0.478 e. The minimum atomic E-state index is -0.165. The highest BCUT2D eigenvalue weighted by Crippen LogP contribution is 2.37. The van der Waals surface area contributed by atoms with Crippen LogP contribution in [0.1, 0.15) is 11.9 Å². The molecule has 106 valence electrons. The molecule has 1 N–H and O–H groups in total. The lowest BCUT2D eigenvalue weighted by Crippen LogP contribution is -2.23. The Bertz CT molecular complexity index is 830. The molecule has 1 unspecified atom stereocenters.